The summed E-state index contributed by atoms with van der Waals surface area (Å²) in [5.41, 5.74) is 4.43. The predicted molar refractivity (Wildman–Crippen MR) is 179 cm³/mol. The fourth-order valence-corrected chi connectivity index (χ4v) is 7.24. The molecular weight excluding hydrogens is 608 g/mol. The summed E-state index contributed by atoms with van der Waals surface area (Å²) in [7, 11) is 0. The number of ketones is 1. The zero-order valence-corrected chi connectivity index (χ0v) is 26.8. The van der Waals surface area contributed by atoms with Gasteiger partial charge >= 0.3 is 6.03 Å². The number of carbonyl (C=O) groups excluding carboxylic acids is 4. The van der Waals surface area contributed by atoms with Crippen LogP contribution in [-0.2, 0) is 33.9 Å². The van der Waals surface area contributed by atoms with Crippen molar-refractivity contribution in [3.63, 3.8) is 0 Å². The fourth-order valence-electron chi connectivity index (χ4n) is 7.24. The number of nitrogens with zero attached hydrogens (tertiary/aromatic N) is 4. The van der Waals surface area contributed by atoms with Gasteiger partial charge in [-0.2, -0.15) is 0 Å². The first-order chi connectivity index (χ1) is 23.3. The van der Waals surface area contributed by atoms with Crippen LogP contribution in [0.25, 0.3) is 0 Å². The lowest BCUT2D eigenvalue weighted by atomic mass is 9.92. The van der Waals surface area contributed by atoms with E-state index in [0.29, 0.717) is 13.1 Å². The largest absolute Gasteiger partial charge is 0.508 e. The van der Waals surface area contributed by atoms with E-state index in [9.17, 15) is 24.3 Å². The fraction of sp³-hybridized carbons (Fsp3) is 0.351. The number of anilines is 1. The zero-order chi connectivity index (χ0) is 33.4. The van der Waals surface area contributed by atoms with Gasteiger partial charge in [-0.1, -0.05) is 66.7 Å². The zero-order valence-electron chi connectivity index (χ0n) is 26.8. The maximum Gasteiger partial charge on any atom is 0.334 e. The van der Waals surface area contributed by atoms with Crippen molar-refractivity contribution in [2.45, 2.75) is 50.5 Å². The molecule has 3 aromatic carbocycles. The van der Waals surface area contributed by atoms with Crippen LogP contribution in [0.1, 0.15) is 41.0 Å². The summed E-state index contributed by atoms with van der Waals surface area (Å²) in [6.07, 6.45) is 2.98. The van der Waals surface area contributed by atoms with Gasteiger partial charge in [0.15, 0.2) is 0 Å². The van der Waals surface area contributed by atoms with Crippen LogP contribution in [0.15, 0.2) is 85.5 Å². The molecule has 48 heavy (non-hydrogen) atoms. The Hall–Kier alpha value is -5.16. The van der Waals surface area contributed by atoms with Crippen LogP contribution in [0.2, 0.25) is 0 Å². The Morgan fingerprint density at radius 1 is 0.979 bits per heavy atom. The summed E-state index contributed by atoms with van der Waals surface area (Å²) in [4.78, 5) is 58.7. The van der Waals surface area contributed by atoms with Crippen molar-refractivity contribution in [1.82, 2.24) is 25.1 Å². The predicted octanol–water partition coefficient (Wildman–Crippen LogP) is 3.62. The van der Waals surface area contributed by atoms with Gasteiger partial charge in [0.2, 0.25) is 11.8 Å². The van der Waals surface area contributed by atoms with Crippen molar-refractivity contribution in [3.8, 4) is 5.75 Å². The van der Waals surface area contributed by atoms with Crippen LogP contribution in [0.4, 0.5) is 10.5 Å². The van der Waals surface area contributed by atoms with E-state index in [-0.39, 0.29) is 73.8 Å². The third-order valence-corrected chi connectivity index (χ3v) is 9.76. The van der Waals surface area contributed by atoms with Gasteiger partial charge in [-0.15, -0.1) is 6.58 Å². The maximum absolute atomic E-state index is 14.4. The van der Waals surface area contributed by atoms with Gasteiger partial charge in [-0.3, -0.25) is 14.4 Å². The van der Waals surface area contributed by atoms with E-state index in [4.69, 9.17) is 0 Å². The maximum atomic E-state index is 14.4. The highest BCUT2D eigenvalue weighted by molar-refractivity contribution is 5.94. The van der Waals surface area contributed by atoms with Gasteiger partial charge in [0.1, 0.15) is 23.7 Å². The summed E-state index contributed by atoms with van der Waals surface area (Å²) in [6.45, 7) is 5.19. The van der Waals surface area contributed by atoms with Gasteiger partial charge in [0.25, 0.3) is 0 Å². The molecule has 0 aromatic heterocycles. The smallest absolute Gasteiger partial charge is 0.334 e. The number of hydrogen-bond acceptors (Lipinski definition) is 7. The standard InChI is InChI=1S/C37H40N6O5/c1-2-17-41-23-33(45)42-31(18-24-11-15-28(44)16-12-24)36(47)40(22-32(42)43(41)37(48)39-19-25-7-4-3-5-8-25)21-27-9-6-10-29-30(20-38-34(27)29)35(46)26-13-14-26/h2-12,15-16,26,30-32,38,44H,1,13-14,17-23H2,(H,39,48)/t30?,31-,32-/m0/s1. The highest BCUT2D eigenvalue weighted by atomic mass is 16.3. The van der Waals surface area contributed by atoms with E-state index >= 15 is 0 Å². The molecule has 248 valence electrons. The van der Waals surface area contributed by atoms with Gasteiger partial charge in [-0.05, 0) is 47.2 Å². The Labute approximate surface area is 279 Å². The molecule has 3 aromatic rings. The lowest BCUT2D eigenvalue weighted by molar-refractivity contribution is -0.189. The van der Waals surface area contributed by atoms with Gasteiger partial charge < -0.3 is 25.5 Å². The Morgan fingerprint density at radius 3 is 2.48 bits per heavy atom. The Balaban J connectivity index is 1.22. The molecule has 3 aliphatic heterocycles. The molecular formula is C37H40N6O5. The van der Waals surface area contributed by atoms with E-state index in [1.54, 1.807) is 50.2 Å². The minimum atomic E-state index is -0.884. The van der Waals surface area contributed by atoms with Gasteiger partial charge in [0.05, 0.1) is 19.0 Å². The number of fused-ring (bicyclic) bond motifs is 2. The Bertz CT molecular complexity index is 1730. The van der Waals surface area contributed by atoms with Crippen LogP contribution in [0.3, 0.4) is 0 Å². The monoisotopic (exact) mass is 648 g/mol. The number of para-hydroxylation sites is 1. The normalized spacial score (nSPS) is 22.2. The minimum absolute atomic E-state index is 0.0901. The Morgan fingerprint density at radius 2 is 1.75 bits per heavy atom. The summed E-state index contributed by atoms with van der Waals surface area (Å²) < 4.78 is 0. The molecule has 11 heteroatoms. The average Bonchev–Trinajstić information content (AvgIpc) is 3.85. The van der Waals surface area contributed by atoms with Crippen LogP contribution < -0.4 is 10.6 Å². The molecule has 0 bridgehead atoms. The molecule has 4 aliphatic rings. The topological polar surface area (TPSA) is 126 Å². The minimum Gasteiger partial charge on any atom is -0.508 e. The van der Waals surface area contributed by atoms with E-state index < -0.39 is 12.2 Å². The molecule has 3 heterocycles. The number of benzene rings is 3. The number of urea groups is 1. The molecule has 1 aliphatic carbocycles. The molecule has 0 radical (unpaired) electrons. The van der Waals surface area contributed by atoms with Gasteiger partial charge in [0, 0.05) is 44.2 Å². The second-order valence-corrected chi connectivity index (χ2v) is 13.0. The lowest BCUT2D eigenvalue weighted by Crippen LogP contribution is -2.76. The number of amides is 4. The molecule has 1 saturated carbocycles. The first-order valence-corrected chi connectivity index (χ1v) is 16.6. The van der Waals surface area contributed by atoms with E-state index in [1.165, 1.54) is 0 Å². The van der Waals surface area contributed by atoms with Crippen molar-refractivity contribution in [3.05, 3.63) is 108 Å². The molecule has 1 unspecified atom stereocenters. The first kappa shape index (κ1) is 31.4. The first-order valence-electron chi connectivity index (χ1n) is 16.6. The molecule has 3 fully saturated rings. The van der Waals surface area contributed by atoms with Crippen LogP contribution in [0, 0.1) is 5.92 Å². The van der Waals surface area contributed by atoms with Gasteiger partial charge in [-0.25, -0.2) is 14.8 Å². The third-order valence-electron chi connectivity index (χ3n) is 9.76. The summed E-state index contributed by atoms with van der Waals surface area (Å²) in [6, 6.07) is 20.8. The highest BCUT2D eigenvalue weighted by Crippen LogP contribution is 2.42. The van der Waals surface area contributed by atoms with E-state index in [2.05, 4.69) is 17.2 Å². The number of phenols is 1. The number of rotatable bonds is 10. The van der Waals surface area contributed by atoms with E-state index in [0.717, 1.165) is 40.8 Å². The summed E-state index contributed by atoms with van der Waals surface area (Å²) in [5.74, 6) is -0.160. The number of phenolic OH excluding ortho intramolecular Hbond substituents is 1. The van der Waals surface area contributed by atoms with Crippen LogP contribution in [-0.4, -0.2) is 86.9 Å². The molecule has 7 rings (SSSR count). The number of nitrogens with one attached hydrogen (secondary N) is 2. The number of hydrogen-bond donors (Lipinski definition) is 3. The van der Waals surface area contributed by atoms with Crippen LogP contribution >= 0.6 is 0 Å². The molecule has 4 amide bonds. The second-order valence-electron chi connectivity index (χ2n) is 13.0. The molecule has 11 nitrogen and oxygen atoms in total. The average molecular weight is 649 g/mol. The van der Waals surface area contributed by atoms with Crippen molar-refractivity contribution in [1.29, 1.82) is 0 Å². The number of hydrazine groups is 1. The van der Waals surface area contributed by atoms with Crippen molar-refractivity contribution >= 4 is 29.3 Å². The quantitative estimate of drug-likeness (QED) is 0.287. The Kier molecular flexibility index (Phi) is 8.62. The SMILES string of the molecule is C=CCN1CC(=O)N2[C@@H](Cc3ccc(O)cc3)C(=O)N(Cc3cccc4c3NCC4C(=O)C3CC3)C[C@@H]2N1C(=O)NCc1ccccc1. The van der Waals surface area contributed by atoms with E-state index in [1.807, 2.05) is 48.5 Å². The van der Waals surface area contributed by atoms with Crippen molar-refractivity contribution < 1.29 is 24.3 Å². The summed E-state index contributed by atoms with van der Waals surface area (Å²) in [5, 5.41) is 19.6. The van der Waals surface area contributed by atoms with Crippen LogP contribution in [0.5, 0.6) is 5.75 Å². The molecule has 3 atom stereocenters. The highest BCUT2D eigenvalue weighted by Gasteiger charge is 2.51. The third kappa shape index (κ3) is 6.13. The molecule has 3 N–H and O–H groups in total. The second kappa shape index (κ2) is 13.2. The number of aromatic hydroxyl groups is 1. The number of carbonyl (C=O) groups is 4. The lowest BCUT2D eigenvalue weighted by Gasteiger charge is -2.55. The molecule has 0 spiro atoms. The number of piperazine rings is 1. The summed E-state index contributed by atoms with van der Waals surface area (Å²) >= 11 is 0. The van der Waals surface area contributed by atoms with Crippen molar-refractivity contribution in [2.75, 3.05) is 31.5 Å². The molecule has 2 saturated heterocycles. The number of Topliss-reactive ketones (excluding diaryl/α,β-unsaturated/α-hetero) is 1. The van der Waals surface area contributed by atoms with Crippen molar-refractivity contribution in [2.24, 2.45) is 5.92 Å².